The van der Waals surface area contributed by atoms with Crippen LogP contribution in [0, 0.1) is 5.92 Å². The summed E-state index contributed by atoms with van der Waals surface area (Å²) in [5.74, 6) is 0.659. The van der Waals surface area contributed by atoms with E-state index < -0.39 is 10.0 Å². The maximum absolute atomic E-state index is 11.2. The molecule has 0 aromatic carbocycles. The van der Waals surface area contributed by atoms with Crippen molar-refractivity contribution in [3.8, 4) is 0 Å². The van der Waals surface area contributed by atoms with Crippen LogP contribution in [0.5, 0.6) is 0 Å². The van der Waals surface area contributed by atoms with Crippen molar-refractivity contribution in [3.63, 3.8) is 0 Å². The summed E-state index contributed by atoms with van der Waals surface area (Å²) < 4.78 is 24.3. The Bertz CT molecular complexity index is 232. The topological polar surface area (TPSA) is 46.2 Å². The zero-order valence-corrected chi connectivity index (χ0v) is 8.66. The molecular formula is C7H14ClNO2S. The van der Waals surface area contributed by atoms with Gasteiger partial charge in [0.25, 0.3) is 0 Å². The van der Waals surface area contributed by atoms with Crippen molar-refractivity contribution in [2.24, 2.45) is 5.92 Å². The van der Waals surface area contributed by atoms with Crippen LogP contribution in [0.25, 0.3) is 0 Å². The number of hydrogen-bond donors (Lipinski definition) is 1. The molecule has 0 amide bonds. The maximum Gasteiger partial charge on any atom is 0.227 e. The zero-order valence-electron chi connectivity index (χ0n) is 7.09. The number of nitrogens with one attached hydrogen (secondary N) is 1. The average molecular weight is 212 g/mol. The van der Waals surface area contributed by atoms with Gasteiger partial charge in [0.15, 0.2) is 0 Å². The number of halogens is 1. The SMILES string of the molecule is CC1CCC(S(=O)(=O)NCl)CC1. The Balaban J connectivity index is 2.56. The molecular weight excluding hydrogens is 198 g/mol. The van der Waals surface area contributed by atoms with Gasteiger partial charge in [-0.25, -0.2) is 8.42 Å². The first-order chi connectivity index (χ1) is 5.56. The summed E-state index contributed by atoms with van der Waals surface area (Å²) in [6, 6.07) is 0. The van der Waals surface area contributed by atoms with Gasteiger partial charge in [-0.15, -0.1) is 4.24 Å². The third-order valence-corrected chi connectivity index (χ3v) is 4.72. The summed E-state index contributed by atoms with van der Waals surface area (Å²) in [6.45, 7) is 2.15. The Morgan fingerprint density at radius 2 is 1.75 bits per heavy atom. The minimum atomic E-state index is -3.23. The summed E-state index contributed by atoms with van der Waals surface area (Å²) >= 11 is 5.12. The molecule has 3 nitrogen and oxygen atoms in total. The molecule has 0 bridgehead atoms. The third kappa shape index (κ3) is 2.34. The van der Waals surface area contributed by atoms with E-state index in [1.54, 1.807) is 0 Å². The fraction of sp³-hybridized carbons (Fsp3) is 1.00. The molecule has 1 fully saturated rings. The Morgan fingerprint density at radius 1 is 1.25 bits per heavy atom. The van der Waals surface area contributed by atoms with E-state index in [0.29, 0.717) is 5.92 Å². The van der Waals surface area contributed by atoms with Gasteiger partial charge in [-0.2, -0.15) is 0 Å². The molecule has 0 radical (unpaired) electrons. The van der Waals surface area contributed by atoms with Gasteiger partial charge in [-0.05, 0) is 43.4 Å². The summed E-state index contributed by atoms with van der Waals surface area (Å²) in [4.78, 5) is 0. The second-order valence-corrected chi connectivity index (χ2v) is 5.88. The van der Waals surface area contributed by atoms with Gasteiger partial charge in [0.1, 0.15) is 0 Å². The highest BCUT2D eigenvalue weighted by atomic mass is 35.5. The molecule has 1 N–H and O–H groups in total. The zero-order chi connectivity index (χ0) is 9.19. The smallest absolute Gasteiger partial charge is 0.211 e. The van der Waals surface area contributed by atoms with Crippen LogP contribution in [0.1, 0.15) is 32.6 Å². The third-order valence-electron chi connectivity index (χ3n) is 2.51. The van der Waals surface area contributed by atoms with E-state index in [4.69, 9.17) is 11.8 Å². The van der Waals surface area contributed by atoms with Crippen LogP contribution in [-0.2, 0) is 10.0 Å². The molecule has 1 saturated carbocycles. The van der Waals surface area contributed by atoms with Gasteiger partial charge < -0.3 is 0 Å². The minimum absolute atomic E-state index is 0.272. The van der Waals surface area contributed by atoms with Crippen molar-refractivity contribution in [2.75, 3.05) is 0 Å². The van der Waals surface area contributed by atoms with Crippen LogP contribution in [-0.4, -0.2) is 13.7 Å². The quantitative estimate of drug-likeness (QED) is 0.706. The summed E-state index contributed by atoms with van der Waals surface area (Å²) in [7, 11) is -3.23. The molecule has 1 aliphatic rings. The molecule has 1 aliphatic carbocycles. The molecule has 0 aromatic heterocycles. The Morgan fingerprint density at radius 3 is 2.17 bits per heavy atom. The summed E-state index contributed by atoms with van der Waals surface area (Å²) in [5, 5.41) is -0.272. The van der Waals surface area contributed by atoms with Crippen molar-refractivity contribution in [1.29, 1.82) is 0 Å². The Kier molecular flexibility index (Phi) is 3.37. The molecule has 0 aliphatic heterocycles. The van der Waals surface area contributed by atoms with E-state index in [1.165, 1.54) is 0 Å². The van der Waals surface area contributed by atoms with Gasteiger partial charge in [0, 0.05) is 0 Å². The lowest BCUT2D eigenvalue weighted by Gasteiger charge is -2.24. The molecule has 0 saturated heterocycles. The van der Waals surface area contributed by atoms with E-state index >= 15 is 0 Å². The summed E-state index contributed by atoms with van der Waals surface area (Å²) in [5.41, 5.74) is 0. The Hall–Kier alpha value is 0.200. The summed E-state index contributed by atoms with van der Waals surface area (Å²) in [6.07, 6.45) is 3.46. The van der Waals surface area contributed by atoms with E-state index in [0.717, 1.165) is 25.7 Å². The van der Waals surface area contributed by atoms with Gasteiger partial charge in [0.05, 0.1) is 5.25 Å². The first-order valence-electron chi connectivity index (χ1n) is 4.17. The number of sulfonamides is 1. The van der Waals surface area contributed by atoms with Crippen LogP contribution < -0.4 is 4.24 Å². The van der Waals surface area contributed by atoms with E-state index in [9.17, 15) is 8.42 Å². The van der Waals surface area contributed by atoms with Crippen molar-refractivity contribution >= 4 is 21.8 Å². The molecule has 5 heteroatoms. The van der Waals surface area contributed by atoms with Crippen molar-refractivity contribution in [2.45, 2.75) is 37.9 Å². The highest BCUT2D eigenvalue weighted by Crippen LogP contribution is 2.27. The standard InChI is InChI=1S/C7H14ClNO2S/c1-6-2-4-7(5-3-6)12(10,11)9-8/h6-7,9H,2-5H2,1H3. The lowest BCUT2D eigenvalue weighted by Crippen LogP contribution is -2.32. The minimum Gasteiger partial charge on any atom is -0.211 e. The maximum atomic E-state index is 11.2. The molecule has 0 atom stereocenters. The van der Waals surface area contributed by atoms with Crippen LogP contribution >= 0.6 is 11.8 Å². The van der Waals surface area contributed by atoms with Crippen molar-refractivity contribution in [3.05, 3.63) is 0 Å². The average Bonchev–Trinajstić information content (AvgIpc) is 2.05. The van der Waals surface area contributed by atoms with E-state index in [-0.39, 0.29) is 5.25 Å². The van der Waals surface area contributed by atoms with Crippen LogP contribution in [0.2, 0.25) is 0 Å². The molecule has 0 unspecified atom stereocenters. The second kappa shape index (κ2) is 3.94. The monoisotopic (exact) mass is 211 g/mol. The highest BCUT2D eigenvalue weighted by molar-refractivity contribution is 7.91. The largest absolute Gasteiger partial charge is 0.227 e. The molecule has 0 aromatic rings. The normalized spacial score (nSPS) is 31.8. The van der Waals surface area contributed by atoms with Crippen LogP contribution in [0.4, 0.5) is 0 Å². The van der Waals surface area contributed by atoms with E-state index in [1.807, 2.05) is 4.24 Å². The predicted octanol–water partition coefficient (Wildman–Crippen LogP) is 1.64. The van der Waals surface area contributed by atoms with Gasteiger partial charge in [-0.1, -0.05) is 6.92 Å². The lowest BCUT2D eigenvalue weighted by atomic mass is 9.91. The molecule has 0 spiro atoms. The molecule has 12 heavy (non-hydrogen) atoms. The van der Waals surface area contributed by atoms with Gasteiger partial charge >= 0.3 is 0 Å². The number of hydrogen-bond acceptors (Lipinski definition) is 2. The fourth-order valence-electron chi connectivity index (χ4n) is 1.60. The Labute approximate surface area is 78.6 Å². The first-order valence-corrected chi connectivity index (χ1v) is 6.10. The van der Waals surface area contributed by atoms with Crippen molar-refractivity contribution < 1.29 is 8.42 Å². The van der Waals surface area contributed by atoms with Crippen LogP contribution in [0.15, 0.2) is 0 Å². The van der Waals surface area contributed by atoms with Gasteiger partial charge in [-0.3, -0.25) is 0 Å². The predicted molar refractivity (Wildman–Crippen MR) is 49.3 cm³/mol. The second-order valence-electron chi connectivity index (χ2n) is 3.50. The molecule has 72 valence electrons. The fourth-order valence-corrected chi connectivity index (χ4v) is 3.00. The molecule has 0 heterocycles. The van der Waals surface area contributed by atoms with Crippen molar-refractivity contribution in [1.82, 2.24) is 4.24 Å². The lowest BCUT2D eigenvalue weighted by molar-refractivity contribution is 0.382. The highest BCUT2D eigenvalue weighted by Gasteiger charge is 2.28. The van der Waals surface area contributed by atoms with Crippen LogP contribution in [0.3, 0.4) is 0 Å². The molecule has 1 rings (SSSR count). The number of rotatable bonds is 2. The van der Waals surface area contributed by atoms with Gasteiger partial charge in [0.2, 0.25) is 10.0 Å². The first kappa shape index (κ1) is 10.3. The van der Waals surface area contributed by atoms with E-state index in [2.05, 4.69) is 6.92 Å².